The number of fused-ring (bicyclic) bond motifs is 1. The van der Waals surface area contributed by atoms with Gasteiger partial charge in [-0.15, -0.1) is 23.5 Å². The van der Waals surface area contributed by atoms with E-state index in [4.69, 9.17) is 28.4 Å². The summed E-state index contributed by atoms with van der Waals surface area (Å²) in [4.78, 5) is 13.1. The van der Waals surface area contributed by atoms with E-state index in [-0.39, 0.29) is 16.7 Å². The SMILES string of the molecule is O=C(Nc1ccccc1)NC(c1cccc2c1OCCOCCOCCOCCOCCO2)C1SCCCS1. The second-order valence-electron chi connectivity index (χ2n) is 8.73. The summed E-state index contributed by atoms with van der Waals surface area (Å²) in [7, 11) is 0. The van der Waals surface area contributed by atoms with Crippen molar-refractivity contribution in [2.24, 2.45) is 0 Å². The van der Waals surface area contributed by atoms with E-state index in [0.717, 1.165) is 29.2 Å². The van der Waals surface area contributed by atoms with Gasteiger partial charge in [-0.05, 0) is 36.1 Å². The molecule has 1 saturated heterocycles. The number of thioether (sulfide) groups is 2. The van der Waals surface area contributed by atoms with E-state index in [1.54, 1.807) is 0 Å². The van der Waals surface area contributed by atoms with Crippen molar-refractivity contribution in [2.45, 2.75) is 17.0 Å². The minimum absolute atomic E-state index is 0.125. The first-order chi connectivity index (χ1) is 19.3. The van der Waals surface area contributed by atoms with Gasteiger partial charge in [-0.25, -0.2) is 4.79 Å². The fourth-order valence-electron chi connectivity index (χ4n) is 4.04. The lowest BCUT2D eigenvalue weighted by molar-refractivity contribution is -0.00847. The first-order valence-electron chi connectivity index (χ1n) is 13.4. The first-order valence-corrected chi connectivity index (χ1v) is 15.5. The van der Waals surface area contributed by atoms with E-state index in [1.165, 1.54) is 0 Å². The van der Waals surface area contributed by atoms with Gasteiger partial charge in [-0.3, -0.25) is 0 Å². The summed E-state index contributed by atoms with van der Waals surface area (Å²) >= 11 is 3.71. The molecule has 0 bridgehead atoms. The molecule has 9 nitrogen and oxygen atoms in total. The molecule has 214 valence electrons. The second kappa shape index (κ2) is 17.5. The van der Waals surface area contributed by atoms with Gasteiger partial charge in [0.1, 0.15) is 13.2 Å². The maximum absolute atomic E-state index is 13.1. The molecular formula is C28H38N2O7S2. The number of urea groups is 1. The van der Waals surface area contributed by atoms with Crippen LogP contribution in [0, 0.1) is 0 Å². The molecule has 0 spiro atoms. The molecule has 2 aliphatic heterocycles. The Labute approximate surface area is 239 Å². The Bertz CT molecular complexity index is 980. The highest BCUT2D eigenvalue weighted by Crippen LogP contribution is 2.44. The van der Waals surface area contributed by atoms with E-state index in [2.05, 4.69) is 10.6 Å². The normalized spacial score (nSPS) is 19.7. The van der Waals surface area contributed by atoms with E-state index >= 15 is 0 Å². The zero-order chi connectivity index (χ0) is 27.0. The average molecular weight is 579 g/mol. The van der Waals surface area contributed by atoms with Crippen molar-refractivity contribution >= 4 is 35.2 Å². The van der Waals surface area contributed by atoms with Gasteiger partial charge in [0.15, 0.2) is 11.5 Å². The molecule has 1 atom stereocenters. The number of para-hydroxylation sites is 2. The van der Waals surface area contributed by atoms with Crippen molar-refractivity contribution in [3.63, 3.8) is 0 Å². The molecule has 0 radical (unpaired) electrons. The molecule has 2 heterocycles. The Kier molecular flexibility index (Phi) is 13.4. The molecule has 1 fully saturated rings. The smallest absolute Gasteiger partial charge is 0.319 e. The number of hydrogen-bond donors (Lipinski definition) is 2. The number of benzene rings is 2. The van der Waals surface area contributed by atoms with Crippen molar-refractivity contribution in [1.29, 1.82) is 0 Å². The molecule has 0 aromatic heterocycles. The number of carbonyl (C=O) groups excluding carboxylic acids is 1. The summed E-state index contributed by atoms with van der Waals surface area (Å²) in [5.41, 5.74) is 1.60. The molecule has 2 aromatic rings. The van der Waals surface area contributed by atoms with Crippen LogP contribution in [0.1, 0.15) is 18.0 Å². The first kappa shape index (κ1) is 29.8. The van der Waals surface area contributed by atoms with E-state index in [0.29, 0.717) is 77.6 Å². The molecule has 0 saturated carbocycles. The highest BCUT2D eigenvalue weighted by molar-refractivity contribution is 8.17. The summed E-state index contributed by atoms with van der Waals surface area (Å²) in [5.74, 6) is 3.30. The third-order valence-corrected chi connectivity index (χ3v) is 8.93. The van der Waals surface area contributed by atoms with Gasteiger partial charge in [0, 0.05) is 11.3 Å². The Morgan fingerprint density at radius 2 is 1.31 bits per heavy atom. The molecule has 2 aliphatic rings. The molecule has 2 amide bonds. The van der Waals surface area contributed by atoms with Crippen LogP contribution in [0.25, 0.3) is 0 Å². The third kappa shape index (κ3) is 10.4. The van der Waals surface area contributed by atoms with Crippen molar-refractivity contribution in [3.05, 3.63) is 54.1 Å². The van der Waals surface area contributed by atoms with Gasteiger partial charge in [0.25, 0.3) is 0 Å². The number of amides is 2. The predicted octanol–water partition coefficient (Wildman–Crippen LogP) is 4.58. The molecule has 11 heteroatoms. The van der Waals surface area contributed by atoms with Crippen molar-refractivity contribution in [3.8, 4) is 11.5 Å². The zero-order valence-corrected chi connectivity index (χ0v) is 23.8. The van der Waals surface area contributed by atoms with Gasteiger partial charge in [0.05, 0.1) is 63.5 Å². The van der Waals surface area contributed by atoms with Crippen molar-refractivity contribution in [1.82, 2.24) is 5.32 Å². The van der Waals surface area contributed by atoms with Crippen LogP contribution in [-0.4, -0.2) is 88.2 Å². The average Bonchev–Trinajstić information content (AvgIpc) is 2.96. The summed E-state index contributed by atoms with van der Waals surface area (Å²) in [5, 5.41) is 6.17. The summed E-state index contributed by atoms with van der Waals surface area (Å²) in [6.07, 6.45) is 1.15. The molecular weight excluding hydrogens is 540 g/mol. The number of anilines is 1. The zero-order valence-electron chi connectivity index (χ0n) is 22.1. The van der Waals surface area contributed by atoms with Crippen molar-refractivity contribution in [2.75, 3.05) is 82.9 Å². The molecule has 2 N–H and O–H groups in total. The van der Waals surface area contributed by atoms with Gasteiger partial charge >= 0.3 is 6.03 Å². The van der Waals surface area contributed by atoms with Gasteiger partial charge in [-0.2, -0.15) is 0 Å². The van der Waals surface area contributed by atoms with E-state index < -0.39 is 0 Å². The Hall–Kier alpha value is -2.15. The Balaban J connectivity index is 1.53. The number of nitrogens with one attached hydrogen (secondary N) is 2. The van der Waals surface area contributed by atoms with Crippen LogP contribution in [0.2, 0.25) is 0 Å². The monoisotopic (exact) mass is 578 g/mol. The van der Waals surface area contributed by atoms with Crippen LogP contribution < -0.4 is 20.1 Å². The number of hydrogen-bond acceptors (Lipinski definition) is 9. The maximum Gasteiger partial charge on any atom is 0.319 e. The topological polar surface area (TPSA) is 96.5 Å². The maximum atomic E-state index is 13.1. The molecule has 0 aliphatic carbocycles. The molecule has 2 aromatic carbocycles. The predicted molar refractivity (Wildman–Crippen MR) is 155 cm³/mol. The molecule has 1 unspecified atom stereocenters. The van der Waals surface area contributed by atoms with Crippen LogP contribution in [0.4, 0.5) is 10.5 Å². The minimum Gasteiger partial charge on any atom is -0.487 e. The highest BCUT2D eigenvalue weighted by atomic mass is 32.2. The molecule has 39 heavy (non-hydrogen) atoms. The van der Waals surface area contributed by atoms with Gasteiger partial charge in [0.2, 0.25) is 0 Å². The summed E-state index contributed by atoms with van der Waals surface area (Å²) in [6, 6.07) is 14.7. The number of ether oxygens (including phenoxy) is 6. The fourth-order valence-corrected chi connectivity index (χ4v) is 7.09. The van der Waals surface area contributed by atoms with Crippen LogP contribution in [-0.2, 0) is 18.9 Å². The number of carbonyl (C=O) groups is 1. The quantitative estimate of drug-likeness (QED) is 0.540. The largest absolute Gasteiger partial charge is 0.487 e. The molecule has 4 rings (SSSR count). The van der Waals surface area contributed by atoms with Crippen molar-refractivity contribution < 1.29 is 33.2 Å². The Morgan fingerprint density at radius 1 is 0.718 bits per heavy atom. The third-order valence-electron chi connectivity index (χ3n) is 5.86. The van der Waals surface area contributed by atoms with Gasteiger partial charge in [-0.1, -0.05) is 30.3 Å². The minimum atomic E-state index is -0.303. The standard InChI is InChI=1S/C28H38N2O7S2/c31-28(29-22-6-2-1-3-7-22)30-25(27-38-20-5-21-39-27)23-8-4-9-24-26(23)37-19-17-35-15-13-33-11-10-32-12-14-34-16-18-36-24/h1-4,6-9,25,27H,5,10-21H2,(H2,29,30,31). The van der Waals surface area contributed by atoms with Crippen LogP contribution in [0.5, 0.6) is 11.5 Å². The van der Waals surface area contributed by atoms with Gasteiger partial charge < -0.3 is 39.1 Å². The van der Waals surface area contributed by atoms with Crippen LogP contribution >= 0.6 is 23.5 Å². The number of rotatable bonds is 4. The fraction of sp³-hybridized carbons (Fsp3) is 0.536. The highest BCUT2D eigenvalue weighted by Gasteiger charge is 2.31. The summed E-state index contributed by atoms with van der Waals surface area (Å²) in [6.45, 7) is 4.49. The van der Waals surface area contributed by atoms with Crippen LogP contribution in [0.3, 0.4) is 0 Å². The van der Waals surface area contributed by atoms with E-state index in [1.807, 2.05) is 72.1 Å². The second-order valence-corrected chi connectivity index (χ2v) is 11.5. The Morgan fingerprint density at radius 3 is 1.95 bits per heavy atom. The lowest BCUT2D eigenvalue weighted by Crippen LogP contribution is -2.38. The summed E-state index contributed by atoms with van der Waals surface area (Å²) < 4.78 is 34.9. The van der Waals surface area contributed by atoms with Crippen LogP contribution in [0.15, 0.2) is 48.5 Å². The van der Waals surface area contributed by atoms with E-state index in [9.17, 15) is 4.79 Å². The lowest BCUT2D eigenvalue weighted by Gasteiger charge is -2.32. The lowest BCUT2D eigenvalue weighted by atomic mass is 10.1.